The van der Waals surface area contributed by atoms with Crippen molar-refractivity contribution in [3.8, 4) is 0 Å². The number of nitrogen functional groups attached to an aromatic ring is 1. The molecule has 6 nitrogen and oxygen atoms in total. The van der Waals surface area contributed by atoms with Crippen molar-refractivity contribution in [3.05, 3.63) is 93.8 Å². The first-order valence-corrected chi connectivity index (χ1v) is 10.4. The van der Waals surface area contributed by atoms with Crippen LogP contribution in [-0.2, 0) is 11.2 Å². The molecule has 0 saturated heterocycles. The Kier molecular flexibility index (Phi) is 4.90. The zero-order valence-corrected chi connectivity index (χ0v) is 17.6. The summed E-state index contributed by atoms with van der Waals surface area (Å²) in [4.78, 5) is 32.5. The monoisotopic (exact) mass is 448 g/mol. The second kappa shape index (κ2) is 7.76. The first-order valence-electron chi connectivity index (χ1n) is 10.1. The number of benzene rings is 3. The molecular formula is C24H18ClFN4O2. The van der Waals surface area contributed by atoms with Crippen LogP contribution < -0.4 is 16.0 Å². The van der Waals surface area contributed by atoms with E-state index >= 15 is 0 Å². The van der Waals surface area contributed by atoms with Crippen molar-refractivity contribution >= 4 is 40.5 Å². The van der Waals surface area contributed by atoms with Gasteiger partial charge >= 0.3 is 0 Å². The fourth-order valence-electron chi connectivity index (χ4n) is 4.17. The van der Waals surface area contributed by atoms with E-state index in [2.05, 4.69) is 10.3 Å². The third-order valence-corrected chi connectivity index (χ3v) is 5.90. The highest BCUT2D eigenvalue weighted by atomic mass is 35.5. The quantitative estimate of drug-likeness (QED) is 0.600. The maximum absolute atomic E-state index is 14.8. The molecule has 0 aromatic heterocycles. The van der Waals surface area contributed by atoms with Gasteiger partial charge in [-0.2, -0.15) is 0 Å². The Bertz CT molecular complexity index is 1310. The molecule has 3 N–H and O–H groups in total. The van der Waals surface area contributed by atoms with Gasteiger partial charge < -0.3 is 16.0 Å². The molecule has 2 aliphatic rings. The van der Waals surface area contributed by atoms with Crippen LogP contribution in [0.25, 0.3) is 0 Å². The summed E-state index contributed by atoms with van der Waals surface area (Å²) in [5.74, 6) is -1.42. The van der Waals surface area contributed by atoms with Gasteiger partial charge in [-0.1, -0.05) is 41.9 Å². The van der Waals surface area contributed by atoms with Gasteiger partial charge in [-0.25, -0.2) is 9.38 Å². The molecule has 3 aromatic carbocycles. The predicted molar refractivity (Wildman–Crippen MR) is 122 cm³/mol. The number of carbonyl (C=O) groups is 2. The van der Waals surface area contributed by atoms with E-state index in [9.17, 15) is 14.0 Å². The Labute approximate surface area is 188 Å². The minimum Gasteiger partial charge on any atom is -0.398 e. The summed E-state index contributed by atoms with van der Waals surface area (Å²) in [6, 6.07) is 16.4. The molecule has 8 heteroatoms. The van der Waals surface area contributed by atoms with E-state index in [1.807, 2.05) is 18.2 Å². The van der Waals surface area contributed by atoms with Crippen LogP contribution in [0.2, 0.25) is 5.02 Å². The van der Waals surface area contributed by atoms with Gasteiger partial charge in [0.05, 0.1) is 17.0 Å². The molecule has 32 heavy (non-hydrogen) atoms. The number of hydrogen-bond acceptors (Lipinski definition) is 4. The Balaban J connectivity index is 1.62. The lowest BCUT2D eigenvalue weighted by atomic mass is 9.98. The maximum Gasteiger partial charge on any atom is 0.272 e. The number of rotatable bonds is 3. The van der Waals surface area contributed by atoms with Gasteiger partial charge in [0.25, 0.3) is 11.8 Å². The standard InChI is InChI=1S/C24H18ClFN4O2/c25-14-8-9-16(19(27)12-14)23(31)29-22-24(32)30-11-10-13-4-3-6-17(21(13)30)20(28-22)15-5-1-2-7-18(15)26/h1-9,12,22H,10-11,27H2,(H,29,31). The third kappa shape index (κ3) is 3.31. The average molecular weight is 449 g/mol. The van der Waals surface area contributed by atoms with Crippen LogP contribution in [0.5, 0.6) is 0 Å². The fourth-order valence-corrected chi connectivity index (χ4v) is 4.35. The molecular weight excluding hydrogens is 431 g/mol. The number of carbonyl (C=O) groups excluding carboxylic acids is 2. The number of nitrogens with one attached hydrogen (secondary N) is 1. The van der Waals surface area contributed by atoms with Crippen LogP contribution in [-0.4, -0.2) is 30.2 Å². The van der Waals surface area contributed by atoms with Crippen LogP contribution in [0.4, 0.5) is 15.8 Å². The number of para-hydroxylation sites is 1. The number of halogens is 2. The van der Waals surface area contributed by atoms with Crippen LogP contribution in [0.15, 0.2) is 65.7 Å². The predicted octanol–water partition coefficient (Wildman–Crippen LogP) is 3.56. The number of anilines is 2. The number of aliphatic imine (C=N–C) groups is 1. The molecule has 1 atom stereocenters. The molecule has 0 radical (unpaired) electrons. The Morgan fingerprint density at radius 3 is 2.69 bits per heavy atom. The van der Waals surface area contributed by atoms with Crippen molar-refractivity contribution in [1.29, 1.82) is 0 Å². The number of hydrogen-bond donors (Lipinski definition) is 2. The van der Waals surface area contributed by atoms with Gasteiger partial charge in [0.1, 0.15) is 5.82 Å². The van der Waals surface area contributed by atoms with Crippen molar-refractivity contribution in [2.45, 2.75) is 12.6 Å². The second-order valence-electron chi connectivity index (χ2n) is 7.62. The SMILES string of the molecule is Nc1cc(Cl)ccc1C(=O)NC1N=C(c2ccccc2F)c2cccc3c2N(CC3)C1=O. The number of amides is 2. The molecule has 160 valence electrons. The van der Waals surface area contributed by atoms with E-state index in [1.54, 1.807) is 29.2 Å². The summed E-state index contributed by atoms with van der Waals surface area (Å²) < 4.78 is 14.8. The third-order valence-electron chi connectivity index (χ3n) is 5.66. The van der Waals surface area contributed by atoms with Crippen molar-refractivity contribution in [2.24, 2.45) is 4.99 Å². The second-order valence-corrected chi connectivity index (χ2v) is 8.05. The Morgan fingerprint density at radius 1 is 1.12 bits per heavy atom. The normalized spacial score (nSPS) is 16.9. The zero-order chi connectivity index (χ0) is 22.4. The van der Waals surface area contributed by atoms with Crippen molar-refractivity contribution in [2.75, 3.05) is 17.2 Å². The smallest absolute Gasteiger partial charge is 0.272 e. The highest BCUT2D eigenvalue weighted by Crippen LogP contribution is 2.36. The minimum absolute atomic E-state index is 0.175. The Hall–Kier alpha value is -3.71. The summed E-state index contributed by atoms with van der Waals surface area (Å²) >= 11 is 5.93. The van der Waals surface area contributed by atoms with E-state index in [0.717, 1.165) is 5.56 Å². The molecule has 3 aromatic rings. The van der Waals surface area contributed by atoms with Gasteiger partial charge in [0.15, 0.2) is 0 Å². The molecule has 5 rings (SSSR count). The number of nitrogens with zero attached hydrogens (tertiary/aromatic N) is 2. The highest BCUT2D eigenvalue weighted by Gasteiger charge is 2.37. The molecule has 1 unspecified atom stereocenters. The highest BCUT2D eigenvalue weighted by molar-refractivity contribution is 6.31. The molecule has 2 amide bonds. The summed E-state index contributed by atoms with van der Waals surface area (Å²) in [5.41, 5.74) is 9.21. The molecule has 2 aliphatic heterocycles. The van der Waals surface area contributed by atoms with E-state index in [1.165, 1.54) is 18.2 Å². The topological polar surface area (TPSA) is 87.8 Å². The van der Waals surface area contributed by atoms with E-state index in [4.69, 9.17) is 17.3 Å². The summed E-state index contributed by atoms with van der Waals surface area (Å²) in [5, 5.41) is 3.06. The lowest BCUT2D eigenvalue weighted by Crippen LogP contribution is -2.47. The van der Waals surface area contributed by atoms with Crippen LogP contribution in [0.1, 0.15) is 27.0 Å². The van der Waals surface area contributed by atoms with Gasteiger partial charge in [-0.3, -0.25) is 9.59 Å². The van der Waals surface area contributed by atoms with Gasteiger partial charge in [0.2, 0.25) is 6.17 Å². The van der Waals surface area contributed by atoms with Crippen molar-refractivity contribution in [1.82, 2.24) is 5.32 Å². The molecule has 0 saturated carbocycles. The Morgan fingerprint density at radius 2 is 1.91 bits per heavy atom. The summed E-state index contributed by atoms with van der Waals surface area (Å²) in [7, 11) is 0. The minimum atomic E-state index is -1.24. The first-order chi connectivity index (χ1) is 15.4. The molecule has 2 heterocycles. The molecule has 0 fully saturated rings. The summed E-state index contributed by atoms with van der Waals surface area (Å²) in [6.07, 6.45) is -0.574. The molecule has 0 spiro atoms. The van der Waals surface area contributed by atoms with Crippen LogP contribution in [0.3, 0.4) is 0 Å². The molecule has 0 bridgehead atoms. The van der Waals surface area contributed by atoms with Gasteiger partial charge in [-0.05, 0) is 42.3 Å². The van der Waals surface area contributed by atoms with Crippen LogP contribution >= 0.6 is 11.6 Å². The molecule has 0 aliphatic carbocycles. The van der Waals surface area contributed by atoms with Crippen molar-refractivity contribution < 1.29 is 14.0 Å². The zero-order valence-electron chi connectivity index (χ0n) is 16.8. The lowest BCUT2D eigenvalue weighted by Gasteiger charge is -2.21. The van der Waals surface area contributed by atoms with E-state index in [-0.39, 0.29) is 22.7 Å². The first kappa shape index (κ1) is 20.2. The largest absolute Gasteiger partial charge is 0.398 e. The van der Waals surface area contributed by atoms with Crippen LogP contribution in [0, 0.1) is 5.82 Å². The van der Waals surface area contributed by atoms with E-state index < -0.39 is 17.9 Å². The van der Waals surface area contributed by atoms with Gasteiger partial charge in [0, 0.05) is 28.4 Å². The van der Waals surface area contributed by atoms with Crippen molar-refractivity contribution in [3.63, 3.8) is 0 Å². The summed E-state index contributed by atoms with van der Waals surface area (Å²) in [6.45, 7) is 0.459. The van der Waals surface area contributed by atoms with Gasteiger partial charge in [-0.15, -0.1) is 0 Å². The van der Waals surface area contributed by atoms with E-state index in [0.29, 0.717) is 35.0 Å². The number of nitrogens with two attached hydrogens (primary N) is 1. The lowest BCUT2D eigenvalue weighted by molar-refractivity contribution is -0.120. The average Bonchev–Trinajstić information content (AvgIpc) is 3.16. The fraction of sp³-hybridized carbons (Fsp3) is 0.125. The maximum atomic E-state index is 14.8.